The minimum absolute atomic E-state index is 0.0312. The maximum atomic E-state index is 9.73. The zero-order valence-corrected chi connectivity index (χ0v) is 5.05. The van der Waals surface area contributed by atoms with Crippen molar-refractivity contribution in [2.75, 3.05) is 6.54 Å². The Kier molecular flexibility index (Phi) is 2.84. The van der Waals surface area contributed by atoms with E-state index in [1.54, 1.807) is 19.9 Å². The molecule has 0 aromatic rings. The first-order valence-electron chi connectivity index (χ1n) is 2.40. The average Bonchev–Trinajstić information content (AvgIpc) is 1.65. The zero-order valence-electron chi connectivity index (χ0n) is 5.05. The van der Waals surface area contributed by atoms with Gasteiger partial charge in [0, 0.05) is 4.92 Å². The molecular weight excluding hydrogens is 106 g/mol. The number of nitrogens with zero attached hydrogens (tertiary/aromatic N) is 1. The van der Waals surface area contributed by atoms with Crippen LogP contribution in [0.5, 0.6) is 0 Å². The molecule has 46 valence electrons. The highest BCUT2D eigenvalue weighted by molar-refractivity contribution is 4.94. The molecule has 0 rings (SSSR count). The molecule has 0 amide bonds. The van der Waals surface area contributed by atoms with Crippen LogP contribution in [0.15, 0.2) is 11.6 Å². The largest absolute Gasteiger partial charge is 0.264 e. The summed E-state index contributed by atoms with van der Waals surface area (Å²) in [7, 11) is 0. The van der Waals surface area contributed by atoms with E-state index in [-0.39, 0.29) is 11.5 Å². The SMILES string of the molecule is CC=C(C)C[N+](=O)[O-]. The average molecular weight is 115 g/mol. The van der Waals surface area contributed by atoms with E-state index in [9.17, 15) is 10.1 Å². The summed E-state index contributed by atoms with van der Waals surface area (Å²) >= 11 is 0. The minimum Gasteiger partial charge on any atom is -0.264 e. The van der Waals surface area contributed by atoms with Crippen LogP contribution in [0.3, 0.4) is 0 Å². The normalized spacial score (nSPS) is 11.5. The van der Waals surface area contributed by atoms with E-state index < -0.39 is 0 Å². The second-order valence-corrected chi connectivity index (χ2v) is 1.63. The maximum Gasteiger partial charge on any atom is 0.224 e. The molecule has 0 spiro atoms. The summed E-state index contributed by atoms with van der Waals surface area (Å²) < 4.78 is 0. The minimum atomic E-state index is -0.338. The molecule has 3 heteroatoms. The van der Waals surface area contributed by atoms with E-state index in [4.69, 9.17) is 0 Å². The van der Waals surface area contributed by atoms with Gasteiger partial charge in [0.1, 0.15) is 0 Å². The number of hydrogen-bond donors (Lipinski definition) is 0. The third-order valence-corrected chi connectivity index (χ3v) is 0.871. The van der Waals surface area contributed by atoms with Crippen molar-refractivity contribution in [2.24, 2.45) is 0 Å². The summed E-state index contributed by atoms with van der Waals surface area (Å²) in [6.45, 7) is 3.50. The van der Waals surface area contributed by atoms with E-state index in [2.05, 4.69) is 0 Å². The van der Waals surface area contributed by atoms with Crippen molar-refractivity contribution in [1.82, 2.24) is 0 Å². The number of rotatable bonds is 2. The lowest BCUT2D eigenvalue weighted by Crippen LogP contribution is -2.00. The molecule has 0 saturated carbocycles. The molecule has 0 fully saturated rings. The molecule has 0 unspecified atom stereocenters. The van der Waals surface area contributed by atoms with Crippen LogP contribution in [-0.4, -0.2) is 11.5 Å². The van der Waals surface area contributed by atoms with Crippen LogP contribution in [0.2, 0.25) is 0 Å². The first kappa shape index (κ1) is 7.14. The van der Waals surface area contributed by atoms with Gasteiger partial charge in [0.25, 0.3) is 0 Å². The molecule has 0 aromatic carbocycles. The van der Waals surface area contributed by atoms with Crippen molar-refractivity contribution in [3.8, 4) is 0 Å². The molecule has 0 bridgehead atoms. The first-order valence-corrected chi connectivity index (χ1v) is 2.40. The van der Waals surface area contributed by atoms with Crippen LogP contribution in [-0.2, 0) is 0 Å². The van der Waals surface area contributed by atoms with E-state index >= 15 is 0 Å². The third kappa shape index (κ3) is 3.33. The molecule has 0 atom stereocenters. The topological polar surface area (TPSA) is 43.1 Å². The summed E-state index contributed by atoms with van der Waals surface area (Å²) in [5, 5.41) is 9.73. The molecule has 0 aliphatic rings. The van der Waals surface area contributed by atoms with E-state index in [0.717, 1.165) is 5.57 Å². The molecule has 8 heavy (non-hydrogen) atoms. The van der Waals surface area contributed by atoms with Gasteiger partial charge in [-0.15, -0.1) is 0 Å². The van der Waals surface area contributed by atoms with Gasteiger partial charge in [0.15, 0.2) is 0 Å². The monoisotopic (exact) mass is 115 g/mol. The standard InChI is InChI=1S/C5H9NO2/c1-3-5(2)4-6(7)8/h3H,4H2,1-2H3. The van der Waals surface area contributed by atoms with Crippen molar-refractivity contribution >= 4 is 0 Å². The van der Waals surface area contributed by atoms with Gasteiger partial charge in [0.05, 0.1) is 0 Å². The number of hydrogen-bond acceptors (Lipinski definition) is 2. The molecule has 0 aliphatic carbocycles. The summed E-state index contributed by atoms with van der Waals surface area (Å²) in [4.78, 5) is 9.40. The predicted octanol–water partition coefficient (Wildman–Crippen LogP) is 1.23. The molecule has 0 aliphatic heterocycles. The van der Waals surface area contributed by atoms with Gasteiger partial charge in [-0.2, -0.15) is 0 Å². The van der Waals surface area contributed by atoms with Crippen molar-refractivity contribution in [3.63, 3.8) is 0 Å². The first-order chi connectivity index (χ1) is 3.66. The van der Waals surface area contributed by atoms with Gasteiger partial charge >= 0.3 is 0 Å². The molecular formula is C5H9NO2. The Hall–Kier alpha value is -0.860. The Morgan fingerprint density at radius 2 is 2.38 bits per heavy atom. The van der Waals surface area contributed by atoms with Crippen molar-refractivity contribution < 1.29 is 4.92 Å². The van der Waals surface area contributed by atoms with Crippen LogP contribution < -0.4 is 0 Å². The second kappa shape index (κ2) is 3.18. The summed E-state index contributed by atoms with van der Waals surface area (Å²) in [5.41, 5.74) is 0.801. The summed E-state index contributed by atoms with van der Waals surface area (Å²) in [5.74, 6) is 0. The van der Waals surface area contributed by atoms with E-state index in [1.807, 2.05) is 0 Å². The smallest absolute Gasteiger partial charge is 0.224 e. The lowest BCUT2D eigenvalue weighted by atomic mass is 10.3. The third-order valence-electron chi connectivity index (χ3n) is 0.871. The van der Waals surface area contributed by atoms with Gasteiger partial charge < -0.3 is 0 Å². The van der Waals surface area contributed by atoms with Crippen molar-refractivity contribution in [1.29, 1.82) is 0 Å². The van der Waals surface area contributed by atoms with E-state index in [1.165, 1.54) is 0 Å². The number of allylic oxidation sites excluding steroid dienone is 1. The molecule has 0 radical (unpaired) electrons. The highest BCUT2D eigenvalue weighted by Crippen LogP contribution is 1.89. The Morgan fingerprint density at radius 3 is 2.50 bits per heavy atom. The lowest BCUT2D eigenvalue weighted by molar-refractivity contribution is -0.470. The van der Waals surface area contributed by atoms with Crippen molar-refractivity contribution in [3.05, 3.63) is 21.8 Å². The van der Waals surface area contributed by atoms with Crippen LogP contribution in [0, 0.1) is 10.1 Å². The second-order valence-electron chi connectivity index (χ2n) is 1.63. The summed E-state index contributed by atoms with van der Waals surface area (Å²) in [6.07, 6.45) is 1.74. The fraction of sp³-hybridized carbons (Fsp3) is 0.600. The van der Waals surface area contributed by atoms with Gasteiger partial charge in [-0.1, -0.05) is 6.08 Å². The van der Waals surface area contributed by atoms with Crippen molar-refractivity contribution in [2.45, 2.75) is 13.8 Å². The van der Waals surface area contributed by atoms with Gasteiger partial charge in [-0.05, 0) is 19.4 Å². The Bertz CT molecular complexity index is 118. The predicted molar refractivity (Wildman–Crippen MR) is 31.3 cm³/mol. The lowest BCUT2D eigenvalue weighted by Gasteiger charge is -1.88. The van der Waals surface area contributed by atoms with Crippen LogP contribution in [0.1, 0.15) is 13.8 Å². The van der Waals surface area contributed by atoms with Crippen LogP contribution in [0.25, 0.3) is 0 Å². The fourth-order valence-corrected chi connectivity index (χ4v) is 0.295. The molecule has 0 saturated heterocycles. The van der Waals surface area contributed by atoms with Gasteiger partial charge in [-0.25, -0.2) is 0 Å². The van der Waals surface area contributed by atoms with Gasteiger partial charge in [0.2, 0.25) is 6.54 Å². The highest BCUT2D eigenvalue weighted by atomic mass is 16.6. The zero-order chi connectivity index (χ0) is 6.57. The van der Waals surface area contributed by atoms with E-state index in [0.29, 0.717) is 0 Å². The van der Waals surface area contributed by atoms with Crippen LogP contribution >= 0.6 is 0 Å². The molecule has 0 N–H and O–H groups in total. The van der Waals surface area contributed by atoms with Crippen LogP contribution in [0.4, 0.5) is 0 Å². The Morgan fingerprint density at radius 1 is 1.88 bits per heavy atom. The quantitative estimate of drug-likeness (QED) is 0.308. The molecule has 3 nitrogen and oxygen atoms in total. The highest BCUT2D eigenvalue weighted by Gasteiger charge is 1.94. The molecule has 0 aromatic heterocycles. The Labute approximate surface area is 48.2 Å². The summed E-state index contributed by atoms with van der Waals surface area (Å²) in [6, 6.07) is 0. The maximum absolute atomic E-state index is 9.73. The molecule has 0 heterocycles. The fourth-order valence-electron chi connectivity index (χ4n) is 0.295. The Balaban J connectivity index is 3.56. The number of nitro groups is 1. The van der Waals surface area contributed by atoms with Gasteiger partial charge in [-0.3, -0.25) is 10.1 Å².